The summed E-state index contributed by atoms with van der Waals surface area (Å²) in [7, 11) is 0. The van der Waals surface area contributed by atoms with Crippen LogP contribution in [0.5, 0.6) is 5.75 Å². The Morgan fingerprint density at radius 1 is 0.469 bits per heavy atom. The minimum absolute atomic E-state index is 0.286. The van der Waals surface area contributed by atoms with Crippen LogP contribution in [0.2, 0.25) is 0 Å². The Bertz CT molecular complexity index is 1550. The van der Waals surface area contributed by atoms with Gasteiger partial charge in [-0.05, 0) is 41.0 Å². The van der Waals surface area contributed by atoms with Crippen LogP contribution in [0.4, 0.5) is 0 Å². The normalized spacial score (nSPS) is 11.2. The molecule has 1 aromatic heterocycles. The predicted molar refractivity (Wildman–Crippen MR) is 133 cm³/mol. The molecule has 0 radical (unpaired) electrons. The second-order valence-corrected chi connectivity index (χ2v) is 8.02. The van der Waals surface area contributed by atoms with Crippen LogP contribution in [-0.4, -0.2) is 9.67 Å². The second kappa shape index (κ2) is 7.44. The second-order valence-electron chi connectivity index (χ2n) is 8.02. The highest BCUT2D eigenvalue weighted by atomic mass is 16.3. The zero-order valence-corrected chi connectivity index (χ0v) is 17.4. The number of phenols is 1. The maximum Gasteiger partial charge on any atom is 0.125 e. The number of para-hydroxylation sites is 1. The Morgan fingerprint density at radius 2 is 1.06 bits per heavy atom. The minimum atomic E-state index is 0.286. The topological polar surface area (TPSA) is 25.2 Å². The van der Waals surface area contributed by atoms with E-state index in [9.17, 15) is 5.11 Å². The molecule has 0 aliphatic carbocycles. The van der Waals surface area contributed by atoms with Gasteiger partial charge in [0.05, 0.1) is 11.0 Å². The van der Waals surface area contributed by atoms with E-state index in [1.165, 1.54) is 16.5 Å². The molecular formula is C30H21NO. The molecule has 0 bridgehead atoms. The molecule has 0 saturated heterocycles. The molecule has 0 aliphatic heterocycles. The van der Waals surface area contributed by atoms with E-state index in [0.717, 1.165) is 33.2 Å². The number of fused-ring (bicyclic) bond motifs is 3. The number of rotatable bonds is 3. The first kappa shape index (κ1) is 18.5. The number of aromatic hydroxyl groups is 1. The summed E-state index contributed by atoms with van der Waals surface area (Å²) in [6.45, 7) is 0. The molecule has 1 heterocycles. The summed E-state index contributed by atoms with van der Waals surface area (Å²) in [4.78, 5) is 0. The van der Waals surface area contributed by atoms with Gasteiger partial charge in [0.15, 0.2) is 0 Å². The van der Waals surface area contributed by atoms with E-state index >= 15 is 0 Å². The van der Waals surface area contributed by atoms with Crippen molar-refractivity contribution >= 4 is 21.8 Å². The minimum Gasteiger partial charge on any atom is -0.507 e. The number of hydrogen-bond donors (Lipinski definition) is 1. The SMILES string of the molecule is Oc1cc2c(cc1-c1ccccc1)c1ccccc1n2-c1ccc(-c2ccccc2)cc1. The van der Waals surface area contributed by atoms with Crippen molar-refractivity contribution in [3.8, 4) is 33.7 Å². The average molecular weight is 412 g/mol. The van der Waals surface area contributed by atoms with Crippen molar-refractivity contribution < 1.29 is 5.11 Å². The Labute approximate surface area is 186 Å². The van der Waals surface area contributed by atoms with Crippen molar-refractivity contribution in [3.05, 3.63) is 121 Å². The molecule has 1 N–H and O–H groups in total. The van der Waals surface area contributed by atoms with E-state index in [-0.39, 0.29) is 5.75 Å². The molecule has 6 rings (SSSR count). The van der Waals surface area contributed by atoms with Gasteiger partial charge in [0, 0.05) is 28.1 Å². The molecule has 0 fully saturated rings. The molecule has 2 heteroatoms. The standard InChI is InChI=1S/C30H21NO/c32-30-20-29-27(19-26(30)23-11-5-2-6-12-23)25-13-7-8-14-28(25)31(29)24-17-15-22(16-18-24)21-9-3-1-4-10-21/h1-20,32H. The molecule has 0 atom stereocenters. The third-order valence-corrected chi connectivity index (χ3v) is 6.11. The molecule has 0 unspecified atom stereocenters. The summed E-state index contributed by atoms with van der Waals surface area (Å²) in [5, 5.41) is 13.2. The van der Waals surface area contributed by atoms with E-state index in [2.05, 4.69) is 83.4 Å². The van der Waals surface area contributed by atoms with Crippen molar-refractivity contribution in [1.82, 2.24) is 4.57 Å². The zero-order valence-electron chi connectivity index (χ0n) is 17.4. The van der Waals surface area contributed by atoms with Crippen molar-refractivity contribution in [2.75, 3.05) is 0 Å². The molecular weight excluding hydrogens is 390 g/mol. The number of aromatic nitrogens is 1. The summed E-state index contributed by atoms with van der Waals surface area (Å²) in [6, 6.07) is 41.5. The highest BCUT2D eigenvalue weighted by Crippen LogP contribution is 2.39. The first-order valence-electron chi connectivity index (χ1n) is 10.8. The summed E-state index contributed by atoms with van der Waals surface area (Å²) >= 11 is 0. The lowest BCUT2D eigenvalue weighted by atomic mass is 10.0. The Balaban J connectivity index is 1.57. The fourth-order valence-corrected chi connectivity index (χ4v) is 4.56. The van der Waals surface area contributed by atoms with Crippen LogP contribution in [0, 0.1) is 0 Å². The van der Waals surface area contributed by atoms with Crippen LogP contribution in [0.3, 0.4) is 0 Å². The van der Waals surface area contributed by atoms with Crippen LogP contribution in [0.1, 0.15) is 0 Å². The molecule has 5 aromatic carbocycles. The maximum absolute atomic E-state index is 10.9. The Hall–Kier alpha value is -4.30. The lowest BCUT2D eigenvalue weighted by molar-refractivity contribution is 0.478. The van der Waals surface area contributed by atoms with Crippen LogP contribution in [-0.2, 0) is 0 Å². The fraction of sp³-hybridized carbons (Fsp3) is 0. The van der Waals surface area contributed by atoms with Crippen LogP contribution >= 0.6 is 0 Å². The molecule has 6 aromatic rings. The predicted octanol–water partition coefficient (Wildman–Crippen LogP) is 7.82. The summed E-state index contributed by atoms with van der Waals surface area (Å²) in [5.41, 5.74) is 7.44. The van der Waals surface area contributed by atoms with Gasteiger partial charge in [-0.25, -0.2) is 0 Å². The van der Waals surface area contributed by atoms with Gasteiger partial charge in [-0.15, -0.1) is 0 Å². The number of hydrogen-bond acceptors (Lipinski definition) is 1. The van der Waals surface area contributed by atoms with Gasteiger partial charge < -0.3 is 9.67 Å². The molecule has 32 heavy (non-hydrogen) atoms. The molecule has 2 nitrogen and oxygen atoms in total. The highest BCUT2D eigenvalue weighted by Gasteiger charge is 2.16. The van der Waals surface area contributed by atoms with E-state index < -0.39 is 0 Å². The molecule has 0 saturated carbocycles. The first-order chi connectivity index (χ1) is 15.8. The molecule has 0 aliphatic rings. The highest BCUT2D eigenvalue weighted by molar-refractivity contribution is 6.11. The fourth-order valence-electron chi connectivity index (χ4n) is 4.56. The summed E-state index contributed by atoms with van der Waals surface area (Å²) in [5.74, 6) is 0.286. The van der Waals surface area contributed by atoms with Crippen molar-refractivity contribution in [2.45, 2.75) is 0 Å². The maximum atomic E-state index is 10.9. The molecule has 152 valence electrons. The number of benzene rings is 5. The van der Waals surface area contributed by atoms with Crippen molar-refractivity contribution in [3.63, 3.8) is 0 Å². The van der Waals surface area contributed by atoms with E-state index in [0.29, 0.717) is 0 Å². The molecule has 0 amide bonds. The van der Waals surface area contributed by atoms with E-state index in [1.807, 2.05) is 42.5 Å². The Morgan fingerprint density at radius 3 is 1.78 bits per heavy atom. The van der Waals surface area contributed by atoms with Gasteiger partial charge in [-0.1, -0.05) is 91.0 Å². The van der Waals surface area contributed by atoms with Crippen molar-refractivity contribution in [1.29, 1.82) is 0 Å². The van der Waals surface area contributed by atoms with Crippen LogP contribution in [0.15, 0.2) is 121 Å². The monoisotopic (exact) mass is 411 g/mol. The number of nitrogens with zero attached hydrogens (tertiary/aromatic N) is 1. The summed E-state index contributed by atoms with van der Waals surface area (Å²) in [6.07, 6.45) is 0. The zero-order chi connectivity index (χ0) is 21.5. The van der Waals surface area contributed by atoms with Crippen LogP contribution < -0.4 is 0 Å². The van der Waals surface area contributed by atoms with Gasteiger partial charge in [0.1, 0.15) is 5.75 Å². The van der Waals surface area contributed by atoms with E-state index in [1.54, 1.807) is 0 Å². The summed E-state index contributed by atoms with van der Waals surface area (Å²) < 4.78 is 2.23. The Kier molecular flexibility index (Phi) is 4.29. The third-order valence-electron chi connectivity index (χ3n) is 6.11. The van der Waals surface area contributed by atoms with Gasteiger partial charge in [-0.2, -0.15) is 0 Å². The number of phenolic OH excluding ortho intramolecular Hbond substituents is 1. The largest absolute Gasteiger partial charge is 0.507 e. The van der Waals surface area contributed by atoms with Crippen molar-refractivity contribution in [2.24, 2.45) is 0 Å². The van der Waals surface area contributed by atoms with E-state index in [4.69, 9.17) is 0 Å². The van der Waals surface area contributed by atoms with Gasteiger partial charge in [0.25, 0.3) is 0 Å². The quantitative estimate of drug-likeness (QED) is 0.315. The molecule has 0 spiro atoms. The smallest absolute Gasteiger partial charge is 0.125 e. The lowest BCUT2D eigenvalue weighted by Crippen LogP contribution is -1.94. The average Bonchev–Trinajstić information content (AvgIpc) is 3.18. The van der Waals surface area contributed by atoms with Crippen LogP contribution in [0.25, 0.3) is 49.7 Å². The van der Waals surface area contributed by atoms with Gasteiger partial charge >= 0.3 is 0 Å². The third kappa shape index (κ3) is 2.97. The van der Waals surface area contributed by atoms with Gasteiger partial charge in [-0.3, -0.25) is 0 Å². The lowest BCUT2D eigenvalue weighted by Gasteiger charge is -2.11. The first-order valence-corrected chi connectivity index (χ1v) is 10.8. The van der Waals surface area contributed by atoms with Gasteiger partial charge in [0.2, 0.25) is 0 Å².